The van der Waals surface area contributed by atoms with E-state index >= 15 is 0 Å². The van der Waals surface area contributed by atoms with E-state index < -0.39 is 27.5 Å². The van der Waals surface area contributed by atoms with Crippen molar-refractivity contribution in [3.8, 4) is 5.75 Å². The number of hydrogen-bond acceptors (Lipinski definition) is 4. The van der Waals surface area contributed by atoms with Gasteiger partial charge in [-0.1, -0.05) is 12.1 Å². The van der Waals surface area contributed by atoms with Gasteiger partial charge in [-0.25, -0.2) is 12.8 Å². The zero-order valence-electron chi connectivity index (χ0n) is 8.97. The molecule has 1 aromatic carbocycles. The molecule has 0 aromatic heterocycles. The normalized spacial score (nSPS) is 13.5. The number of sulfone groups is 1. The van der Waals surface area contributed by atoms with E-state index in [1.54, 1.807) is 0 Å². The highest BCUT2D eigenvalue weighted by atomic mass is 32.2. The number of hydrogen-bond donors (Lipinski definition) is 1. The van der Waals surface area contributed by atoms with Crippen molar-refractivity contribution in [3.63, 3.8) is 0 Å². The first-order valence-corrected chi connectivity index (χ1v) is 6.59. The van der Waals surface area contributed by atoms with Crippen LogP contribution in [-0.4, -0.2) is 32.6 Å². The Morgan fingerprint density at radius 2 is 2.12 bits per heavy atom. The highest BCUT2D eigenvalue weighted by Crippen LogP contribution is 2.25. The van der Waals surface area contributed by atoms with E-state index in [1.807, 2.05) is 0 Å². The molecule has 0 amide bonds. The molecule has 0 bridgehead atoms. The molecule has 0 fully saturated rings. The maximum Gasteiger partial charge on any atom is 0.170 e. The Hall–Kier alpha value is -1.14. The Kier molecular flexibility index (Phi) is 3.88. The molecule has 1 N–H and O–H groups in total. The van der Waals surface area contributed by atoms with Crippen LogP contribution < -0.4 is 4.74 Å². The Labute approximate surface area is 93.6 Å². The number of ether oxygens (including phenoxy) is 1. The van der Waals surface area contributed by atoms with Crippen LogP contribution in [0.3, 0.4) is 0 Å². The van der Waals surface area contributed by atoms with Gasteiger partial charge in [0, 0.05) is 11.8 Å². The van der Waals surface area contributed by atoms with E-state index in [-0.39, 0.29) is 11.3 Å². The number of aliphatic hydroxyl groups is 1. The summed E-state index contributed by atoms with van der Waals surface area (Å²) < 4.78 is 40.3. The Morgan fingerprint density at radius 1 is 1.50 bits per heavy atom. The standard InChI is InChI=1S/C10H13FO4S/c1-15-9-5-3-4-7(10(9)11)8(12)6-16(2,13)14/h3-5,8,12H,6H2,1-2H3. The van der Waals surface area contributed by atoms with Crippen molar-refractivity contribution in [2.75, 3.05) is 19.1 Å². The molecule has 0 saturated heterocycles. The van der Waals surface area contributed by atoms with Crippen LogP contribution in [-0.2, 0) is 9.84 Å². The zero-order chi connectivity index (χ0) is 12.3. The average molecular weight is 248 g/mol. The fourth-order valence-electron chi connectivity index (χ4n) is 1.32. The van der Waals surface area contributed by atoms with Crippen LogP contribution in [0.25, 0.3) is 0 Å². The van der Waals surface area contributed by atoms with Gasteiger partial charge in [-0.05, 0) is 6.07 Å². The highest BCUT2D eigenvalue weighted by molar-refractivity contribution is 7.90. The van der Waals surface area contributed by atoms with Crippen LogP contribution in [0, 0.1) is 5.82 Å². The largest absolute Gasteiger partial charge is 0.494 e. The Morgan fingerprint density at radius 3 is 2.62 bits per heavy atom. The Balaban J connectivity index is 3.04. The first kappa shape index (κ1) is 12.9. The minimum atomic E-state index is -3.37. The van der Waals surface area contributed by atoms with Crippen LogP contribution in [0.2, 0.25) is 0 Å². The molecule has 0 saturated carbocycles. The van der Waals surface area contributed by atoms with E-state index in [0.29, 0.717) is 0 Å². The molecule has 0 spiro atoms. The van der Waals surface area contributed by atoms with Crippen molar-refractivity contribution in [2.24, 2.45) is 0 Å². The zero-order valence-corrected chi connectivity index (χ0v) is 9.79. The molecule has 1 unspecified atom stereocenters. The van der Waals surface area contributed by atoms with Gasteiger partial charge >= 0.3 is 0 Å². The minimum absolute atomic E-state index is 0.0231. The van der Waals surface area contributed by atoms with Crippen LogP contribution in [0.1, 0.15) is 11.7 Å². The lowest BCUT2D eigenvalue weighted by Gasteiger charge is -2.12. The van der Waals surface area contributed by atoms with Gasteiger partial charge in [0.25, 0.3) is 0 Å². The molecule has 0 aliphatic heterocycles. The van der Waals surface area contributed by atoms with E-state index in [9.17, 15) is 17.9 Å². The Bertz CT molecular complexity index is 470. The fraction of sp³-hybridized carbons (Fsp3) is 0.400. The van der Waals surface area contributed by atoms with Crippen LogP contribution >= 0.6 is 0 Å². The molecule has 0 aliphatic rings. The number of methoxy groups -OCH3 is 1. The molecule has 0 radical (unpaired) electrons. The molecule has 4 nitrogen and oxygen atoms in total. The average Bonchev–Trinajstić information content (AvgIpc) is 2.15. The maximum atomic E-state index is 13.6. The third-order valence-electron chi connectivity index (χ3n) is 2.03. The molecule has 6 heteroatoms. The summed E-state index contributed by atoms with van der Waals surface area (Å²) in [6.45, 7) is 0. The lowest BCUT2D eigenvalue weighted by Crippen LogP contribution is -2.14. The van der Waals surface area contributed by atoms with E-state index in [1.165, 1.54) is 25.3 Å². The van der Waals surface area contributed by atoms with Gasteiger partial charge in [0.2, 0.25) is 0 Å². The second-order valence-corrected chi connectivity index (χ2v) is 5.66. The van der Waals surface area contributed by atoms with Crippen molar-refractivity contribution in [3.05, 3.63) is 29.6 Å². The summed E-state index contributed by atoms with van der Waals surface area (Å²) in [6.07, 6.45) is -0.404. The monoisotopic (exact) mass is 248 g/mol. The lowest BCUT2D eigenvalue weighted by atomic mass is 10.1. The van der Waals surface area contributed by atoms with Crippen molar-refractivity contribution < 1.29 is 22.7 Å². The van der Waals surface area contributed by atoms with Crippen molar-refractivity contribution in [1.29, 1.82) is 0 Å². The first-order valence-electron chi connectivity index (χ1n) is 4.53. The quantitative estimate of drug-likeness (QED) is 0.860. The number of benzene rings is 1. The van der Waals surface area contributed by atoms with Gasteiger partial charge in [-0.15, -0.1) is 0 Å². The molecule has 16 heavy (non-hydrogen) atoms. The van der Waals surface area contributed by atoms with Crippen molar-refractivity contribution in [1.82, 2.24) is 0 Å². The van der Waals surface area contributed by atoms with E-state index in [0.717, 1.165) is 6.26 Å². The predicted molar refractivity (Wildman–Crippen MR) is 57.6 cm³/mol. The third-order valence-corrected chi connectivity index (χ3v) is 2.95. The molecule has 90 valence electrons. The van der Waals surface area contributed by atoms with Crippen molar-refractivity contribution >= 4 is 9.84 Å². The number of halogens is 1. The fourth-order valence-corrected chi connectivity index (χ4v) is 2.07. The third kappa shape index (κ3) is 3.18. The van der Waals surface area contributed by atoms with Gasteiger partial charge in [-0.3, -0.25) is 0 Å². The summed E-state index contributed by atoms with van der Waals surface area (Å²) in [4.78, 5) is 0. The van der Waals surface area contributed by atoms with Crippen LogP contribution in [0.15, 0.2) is 18.2 Å². The number of aliphatic hydroxyl groups excluding tert-OH is 1. The smallest absolute Gasteiger partial charge is 0.170 e. The summed E-state index contributed by atoms with van der Waals surface area (Å²) in [5, 5.41) is 9.58. The summed E-state index contributed by atoms with van der Waals surface area (Å²) in [7, 11) is -2.07. The number of rotatable bonds is 4. The summed E-state index contributed by atoms with van der Waals surface area (Å²) in [5.41, 5.74) is -0.0789. The molecule has 0 aliphatic carbocycles. The van der Waals surface area contributed by atoms with Gasteiger partial charge in [-0.2, -0.15) is 0 Å². The summed E-state index contributed by atoms with van der Waals surface area (Å²) in [6, 6.07) is 4.21. The maximum absolute atomic E-state index is 13.6. The van der Waals surface area contributed by atoms with Crippen LogP contribution in [0.4, 0.5) is 4.39 Å². The molecule has 1 rings (SSSR count). The van der Waals surface area contributed by atoms with Crippen molar-refractivity contribution in [2.45, 2.75) is 6.10 Å². The SMILES string of the molecule is COc1cccc(C(O)CS(C)(=O)=O)c1F. The molecule has 1 atom stereocenters. The van der Waals surface area contributed by atoms with E-state index in [4.69, 9.17) is 4.74 Å². The second kappa shape index (κ2) is 4.80. The summed E-state index contributed by atoms with van der Waals surface area (Å²) in [5.74, 6) is -1.27. The van der Waals surface area contributed by atoms with E-state index in [2.05, 4.69) is 0 Å². The van der Waals surface area contributed by atoms with Gasteiger partial charge in [0.05, 0.1) is 19.0 Å². The molecule has 1 aromatic rings. The van der Waals surface area contributed by atoms with Gasteiger partial charge in [0.1, 0.15) is 9.84 Å². The van der Waals surface area contributed by atoms with Crippen LogP contribution in [0.5, 0.6) is 5.75 Å². The summed E-state index contributed by atoms with van der Waals surface area (Å²) >= 11 is 0. The van der Waals surface area contributed by atoms with Gasteiger partial charge < -0.3 is 9.84 Å². The molecular weight excluding hydrogens is 235 g/mol. The topological polar surface area (TPSA) is 63.6 Å². The van der Waals surface area contributed by atoms with Gasteiger partial charge in [0.15, 0.2) is 11.6 Å². The highest BCUT2D eigenvalue weighted by Gasteiger charge is 2.19. The molecule has 0 heterocycles. The minimum Gasteiger partial charge on any atom is -0.494 e. The lowest BCUT2D eigenvalue weighted by molar-refractivity contribution is 0.195. The molecular formula is C10H13FO4S. The predicted octanol–water partition coefficient (Wildman–Crippen LogP) is 0.912. The first-order chi connectivity index (χ1) is 7.35. The second-order valence-electron chi connectivity index (χ2n) is 3.47.